The zero-order valence-corrected chi connectivity index (χ0v) is 13.3. The predicted molar refractivity (Wildman–Crippen MR) is 89.1 cm³/mol. The second kappa shape index (κ2) is 8.09. The van der Waals surface area contributed by atoms with Gasteiger partial charge in [0.05, 0.1) is 11.8 Å². The molecule has 0 aliphatic rings. The number of carbonyl (C=O) groups is 1. The molecular formula is C16H14BrN3O2. The molecule has 2 aromatic rings. The summed E-state index contributed by atoms with van der Waals surface area (Å²) >= 11 is 3.39. The van der Waals surface area contributed by atoms with Crippen molar-refractivity contribution in [1.82, 2.24) is 10.4 Å². The van der Waals surface area contributed by atoms with Crippen LogP contribution in [0.5, 0.6) is 5.75 Å². The number of hydrogen-bond acceptors (Lipinski definition) is 4. The van der Waals surface area contributed by atoms with Crippen molar-refractivity contribution >= 4 is 28.1 Å². The lowest BCUT2D eigenvalue weighted by atomic mass is 10.2. The molecule has 22 heavy (non-hydrogen) atoms. The van der Waals surface area contributed by atoms with Crippen LogP contribution in [0.4, 0.5) is 0 Å². The van der Waals surface area contributed by atoms with Gasteiger partial charge in [-0.25, -0.2) is 5.43 Å². The lowest BCUT2D eigenvalue weighted by Gasteiger charge is -2.07. The van der Waals surface area contributed by atoms with Gasteiger partial charge in [-0.15, -0.1) is 0 Å². The van der Waals surface area contributed by atoms with E-state index in [1.807, 2.05) is 18.2 Å². The lowest BCUT2D eigenvalue weighted by molar-refractivity contribution is 0.0955. The molecule has 0 saturated heterocycles. The monoisotopic (exact) mass is 359 g/mol. The van der Waals surface area contributed by atoms with Crippen molar-refractivity contribution in [3.63, 3.8) is 0 Å². The fourth-order valence-electron chi connectivity index (χ4n) is 1.62. The Morgan fingerprint density at radius 2 is 2.32 bits per heavy atom. The molecule has 1 aromatic carbocycles. The number of amides is 1. The molecule has 2 rings (SSSR count). The molecule has 0 radical (unpaired) electrons. The number of benzene rings is 1. The molecule has 1 N–H and O–H groups in total. The summed E-state index contributed by atoms with van der Waals surface area (Å²) in [5.74, 6) is 0.329. The average Bonchev–Trinajstić information content (AvgIpc) is 2.55. The summed E-state index contributed by atoms with van der Waals surface area (Å²) in [5.41, 5.74) is 3.63. The van der Waals surface area contributed by atoms with Gasteiger partial charge >= 0.3 is 0 Å². The Labute approximate surface area is 136 Å². The van der Waals surface area contributed by atoms with Gasteiger partial charge in [-0.3, -0.25) is 9.78 Å². The van der Waals surface area contributed by atoms with E-state index >= 15 is 0 Å². The first-order valence-corrected chi connectivity index (χ1v) is 7.26. The third-order valence-electron chi connectivity index (χ3n) is 2.62. The van der Waals surface area contributed by atoms with E-state index in [9.17, 15) is 4.79 Å². The maximum atomic E-state index is 11.8. The van der Waals surface area contributed by atoms with Crippen LogP contribution in [0.15, 0.2) is 65.0 Å². The van der Waals surface area contributed by atoms with Gasteiger partial charge in [0.1, 0.15) is 12.4 Å². The number of carbonyl (C=O) groups excluding carboxylic acids is 1. The van der Waals surface area contributed by atoms with Crippen molar-refractivity contribution in [3.05, 3.63) is 71.0 Å². The highest BCUT2D eigenvalue weighted by Gasteiger charge is 2.04. The van der Waals surface area contributed by atoms with Crippen LogP contribution in [0.1, 0.15) is 15.9 Å². The topological polar surface area (TPSA) is 63.6 Å². The summed E-state index contributed by atoms with van der Waals surface area (Å²) in [7, 11) is 0. The molecule has 1 aromatic heterocycles. The number of nitrogens with one attached hydrogen (secondary N) is 1. The van der Waals surface area contributed by atoms with Crippen molar-refractivity contribution in [2.24, 2.45) is 5.10 Å². The van der Waals surface area contributed by atoms with Gasteiger partial charge in [0, 0.05) is 22.4 Å². The Balaban J connectivity index is 2.07. The quantitative estimate of drug-likeness (QED) is 0.489. The molecular weight excluding hydrogens is 346 g/mol. The predicted octanol–water partition coefficient (Wildman–Crippen LogP) is 3.17. The average molecular weight is 360 g/mol. The zero-order valence-electron chi connectivity index (χ0n) is 11.7. The second-order valence-corrected chi connectivity index (χ2v) is 5.14. The van der Waals surface area contributed by atoms with Gasteiger partial charge < -0.3 is 4.74 Å². The number of ether oxygens (including phenoxy) is 1. The highest BCUT2D eigenvalue weighted by molar-refractivity contribution is 9.10. The number of rotatable bonds is 6. The van der Waals surface area contributed by atoms with Crippen molar-refractivity contribution in [2.75, 3.05) is 6.61 Å². The number of aromatic nitrogens is 1. The normalized spacial score (nSPS) is 10.4. The van der Waals surface area contributed by atoms with E-state index in [1.54, 1.807) is 24.4 Å². The van der Waals surface area contributed by atoms with Crippen molar-refractivity contribution in [3.8, 4) is 5.75 Å². The second-order valence-electron chi connectivity index (χ2n) is 4.22. The molecule has 6 heteroatoms. The van der Waals surface area contributed by atoms with Gasteiger partial charge in [0.15, 0.2) is 0 Å². The summed E-state index contributed by atoms with van der Waals surface area (Å²) < 4.78 is 6.42. The molecule has 1 amide bonds. The van der Waals surface area contributed by atoms with E-state index in [2.05, 4.69) is 38.0 Å². The van der Waals surface area contributed by atoms with E-state index in [0.29, 0.717) is 17.9 Å². The minimum Gasteiger partial charge on any atom is -0.489 e. The molecule has 0 saturated carbocycles. The van der Waals surface area contributed by atoms with Crippen LogP contribution in [-0.2, 0) is 0 Å². The third kappa shape index (κ3) is 4.53. The molecule has 0 atom stereocenters. The van der Waals surface area contributed by atoms with Crippen LogP contribution >= 0.6 is 15.9 Å². The number of hydrazone groups is 1. The number of halogens is 1. The van der Waals surface area contributed by atoms with Crippen molar-refractivity contribution in [1.29, 1.82) is 0 Å². The Morgan fingerprint density at radius 1 is 1.45 bits per heavy atom. The number of hydrogen-bond donors (Lipinski definition) is 1. The Bertz CT molecular complexity index is 687. The largest absolute Gasteiger partial charge is 0.489 e. The Kier molecular flexibility index (Phi) is 5.85. The standard InChI is InChI=1S/C16H14BrN3O2/c1-2-8-22-15-6-5-14(17)9-13(15)11-19-20-16(21)12-4-3-7-18-10-12/h2-7,9-11H,1,8H2,(H,20,21). The van der Waals surface area contributed by atoms with E-state index in [-0.39, 0.29) is 5.91 Å². The summed E-state index contributed by atoms with van der Waals surface area (Å²) in [6, 6.07) is 8.88. The van der Waals surface area contributed by atoms with Crippen LogP contribution in [0, 0.1) is 0 Å². The van der Waals surface area contributed by atoms with E-state index in [1.165, 1.54) is 12.4 Å². The molecule has 0 fully saturated rings. The van der Waals surface area contributed by atoms with Gasteiger partial charge in [0.25, 0.3) is 5.91 Å². The number of nitrogens with zero attached hydrogens (tertiary/aromatic N) is 2. The molecule has 0 bridgehead atoms. The fourth-order valence-corrected chi connectivity index (χ4v) is 2.00. The molecule has 112 valence electrons. The summed E-state index contributed by atoms with van der Waals surface area (Å²) in [6.07, 6.45) is 6.26. The van der Waals surface area contributed by atoms with E-state index in [0.717, 1.165) is 10.0 Å². The first kappa shape index (κ1) is 15.9. The minimum absolute atomic E-state index is 0.326. The SMILES string of the molecule is C=CCOc1ccc(Br)cc1C=NNC(=O)c1cccnc1. The maximum Gasteiger partial charge on any atom is 0.272 e. The summed E-state index contributed by atoms with van der Waals surface area (Å²) in [4.78, 5) is 15.7. The molecule has 5 nitrogen and oxygen atoms in total. The summed E-state index contributed by atoms with van der Waals surface area (Å²) in [5, 5.41) is 3.95. The molecule has 0 aliphatic heterocycles. The van der Waals surface area contributed by atoms with Crippen LogP contribution in [-0.4, -0.2) is 23.7 Å². The van der Waals surface area contributed by atoms with Crippen LogP contribution < -0.4 is 10.2 Å². The lowest BCUT2D eigenvalue weighted by Crippen LogP contribution is -2.17. The van der Waals surface area contributed by atoms with Gasteiger partial charge in [-0.1, -0.05) is 28.6 Å². The Morgan fingerprint density at radius 3 is 3.05 bits per heavy atom. The van der Waals surface area contributed by atoms with Crippen LogP contribution in [0.2, 0.25) is 0 Å². The maximum absolute atomic E-state index is 11.8. The van der Waals surface area contributed by atoms with Gasteiger partial charge in [-0.2, -0.15) is 5.10 Å². The Hall–Kier alpha value is -2.47. The summed E-state index contributed by atoms with van der Waals surface area (Å²) in [6.45, 7) is 4.00. The molecule has 0 spiro atoms. The van der Waals surface area contributed by atoms with Crippen LogP contribution in [0.3, 0.4) is 0 Å². The minimum atomic E-state index is -0.326. The third-order valence-corrected chi connectivity index (χ3v) is 3.12. The van der Waals surface area contributed by atoms with Gasteiger partial charge in [-0.05, 0) is 30.3 Å². The van der Waals surface area contributed by atoms with Gasteiger partial charge in [0.2, 0.25) is 0 Å². The van der Waals surface area contributed by atoms with E-state index in [4.69, 9.17) is 4.74 Å². The molecule has 1 heterocycles. The van der Waals surface area contributed by atoms with Crippen molar-refractivity contribution < 1.29 is 9.53 Å². The first-order chi connectivity index (χ1) is 10.7. The highest BCUT2D eigenvalue weighted by Crippen LogP contribution is 2.21. The highest BCUT2D eigenvalue weighted by atomic mass is 79.9. The fraction of sp³-hybridized carbons (Fsp3) is 0.0625. The molecule has 0 unspecified atom stereocenters. The first-order valence-electron chi connectivity index (χ1n) is 6.47. The number of pyridine rings is 1. The molecule has 0 aliphatic carbocycles. The smallest absolute Gasteiger partial charge is 0.272 e. The van der Waals surface area contributed by atoms with E-state index < -0.39 is 0 Å². The zero-order chi connectivity index (χ0) is 15.8. The van der Waals surface area contributed by atoms with Crippen LogP contribution in [0.25, 0.3) is 0 Å². The van der Waals surface area contributed by atoms with Crippen molar-refractivity contribution in [2.45, 2.75) is 0 Å².